The van der Waals surface area contributed by atoms with Crippen molar-refractivity contribution in [2.45, 2.75) is 33.0 Å². The highest BCUT2D eigenvalue weighted by Gasteiger charge is 2.37. The number of allylic oxidation sites excluding steroid dienone is 2. The fraction of sp³-hybridized carbons (Fsp3) is 0.333. The number of carbonyl (C=O) groups is 2. The summed E-state index contributed by atoms with van der Waals surface area (Å²) in [5.41, 5.74) is -0.516. The van der Waals surface area contributed by atoms with Crippen molar-refractivity contribution in [3.63, 3.8) is 0 Å². The normalized spacial score (nSPS) is 18.0. The molecule has 2 aromatic carbocycles. The number of hydrogen-bond acceptors (Lipinski definition) is 2. The van der Waals surface area contributed by atoms with Gasteiger partial charge in [0, 0.05) is 21.2 Å². The molecule has 3 nitrogen and oxygen atoms in total. The number of rotatable bonds is 5. The van der Waals surface area contributed by atoms with Crippen molar-refractivity contribution in [2.75, 3.05) is 17.8 Å². The number of aryl methyl sites for hydroxylation is 1. The molecule has 1 aliphatic rings. The molecule has 2 aromatic rings. The maximum atomic E-state index is 13.6. The third-order valence-electron chi connectivity index (χ3n) is 4.82. The van der Waals surface area contributed by atoms with Crippen LogP contribution in [0.4, 0.5) is 13.2 Å². The highest BCUT2D eigenvalue weighted by atomic mass is 35.5. The van der Waals surface area contributed by atoms with E-state index in [1.807, 2.05) is 13.8 Å². The van der Waals surface area contributed by atoms with Crippen LogP contribution in [0.5, 0.6) is 0 Å². The summed E-state index contributed by atoms with van der Waals surface area (Å²) in [6, 6.07) is 7.87. The first kappa shape index (κ1) is 27.3. The average Bonchev–Trinajstić information content (AvgIpc) is 2.70. The average molecular weight is 519 g/mol. The second-order valence-electron chi connectivity index (χ2n) is 7.39. The molecule has 1 fully saturated rings. The van der Waals surface area contributed by atoms with E-state index < -0.39 is 17.5 Å². The quantitative estimate of drug-likeness (QED) is 0.278. The Labute approximate surface area is 204 Å². The summed E-state index contributed by atoms with van der Waals surface area (Å²) in [6.45, 7) is 5.64. The molecule has 0 bridgehead atoms. The van der Waals surface area contributed by atoms with Gasteiger partial charge in [0.25, 0.3) is 5.91 Å². The molecule has 178 valence electrons. The van der Waals surface area contributed by atoms with Gasteiger partial charge in [0.15, 0.2) is 5.78 Å². The van der Waals surface area contributed by atoms with Crippen molar-refractivity contribution >= 4 is 51.4 Å². The first-order chi connectivity index (χ1) is 15.4. The second kappa shape index (κ2) is 11.4. The molecule has 0 aliphatic carbocycles. The van der Waals surface area contributed by atoms with E-state index in [0.29, 0.717) is 28.1 Å². The highest BCUT2D eigenvalue weighted by Crippen LogP contribution is 2.36. The van der Waals surface area contributed by atoms with Crippen LogP contribution in [-0.4, -0.2) is 41.7 Å². The minimum absolute atomic E-state index is 0.0256. The van der Waals surface area contributed by atoms with Gasteiger partial charge >= 0.3 is 6.18 Å². The summed E-state index contributed by atoms with van der Waals surface area (Å²) in [4.78, 5) is 25.0. The Hall–Kier alpha value is -1.96. The number of carbonyl (C=O) groups excluding carboxylic acids is 2. The van der Waals surface area contributed by atoms with Gasteiger partial charge in [-0.2, -0.15) is 13.2 Å². The summed E-state index contributed by atoms with van der Waals surface area (Å²) >= 11 is 11.6. The number of alkyl halides is 3. The van der Waals surface area contributed by atoms with E-state index in [-0.39, 0.29) is 33.1 Å². The molecule has 0 saturated carbocycles. The molecular weight excluding hydrogens is 494 g/mol. The third kappa shape index (κ3) is 7.26. The predicted molar refractivity (Wildman–Crippen MR) is 132 cm³/mol. The number of hydrogen-bond donors (Lipinski definition) is 1. The third-order valence-corrected chi connectivity index (χ3v) is 7.20. The molecule has 1 saturated heterocycles. The molecule has 0 atom stereocenters. The fourth-order valence-corrected chi connectivity index (χ4v) is 5.28. The van der Waals surface area contributed by atoms with E-state index in [9.17, 15) is 22.8 Å². The van der Waals surface area contributed by atoms with Crippen molar-refractivity contribution in [2.24, 2.45) is 0 Å². The summed E-state index contributed by atoms with van der Waals surface area (Å²) in [5, 5.41) is 2.99. The number of benzene rings is 2. The lowest BCUT2D eigenvalue weighted by Crippen LogP contribution is -2.52. The molecule has 1 aliphatic heterocycles. The Morgan fingerprint density at radius 3 is 2.09 bits per heavy atom. The van der Waals surface area contributed by atoms with E-state index >= 15 is 0 Å². The topological polar surface area (TPSA) is 46.2 Å². The SMILES string of the molecule is CC.Cc1cc(C(=O)/C=C(\c2cc(Cl)cc(Cl)c2)C(F)(F)F)ccc1C(=O)NC1C[S+](C)C1. The molecule has 1 amide bonds. The zero-order valence-corrected chi connectivity index (χ0v) is 21.0. The summed E-state index contributed by atoms with van der Waals surface area (Å²) < 4.78 is 40.9. The van der Waals surface area contributed by atoms with Gasteiger partial charge in [-0.3, -0.25) is 9.59 Å². The molecule has 0 radical (unpaired) electrons. The Morgan fingerprint density at radius 2 is 1.61 bits per heavy atom. The van der Waals surface area contributed by atoms with Gasteiger partial charge in [-0.25, -0.2) is 0 Å². The van der Waals surface area contributed by atoms with E-state index in [4.69, 9.17) is 23.2 Å². The minimum atomic E-state index is -4.79. The van der Waals surface area contributed by atoms with E-state index in [0.717, 1.165) is 23.6 Å². The van der Waals surface area contributed by atoms with Crippen LogP contribution in [0.15, 0.2) is 42.5 Å². The number of halogens is 5. The largest absolute Gasteiger partial charge is 0.417 e. The van der Waals surface area contributed by atoms with Crippen LogP contribution in [0, 0.1) is 6.92 Å². The molecule has 9 heteroatoms. The van der Waals surface area contributed by atoms with Crippen molar-refractivity contribution in [1.29, 1.82) is 0 Å². The molecule has 1 heterocycles. The zero-order chi connectivity index (χ0) is 24.9. The van der Waals surface area contributed by atoms with Gasteiger partial charge in [-0.15, -0.1) is 0 Å². The maximum absolute atomic E-state index is 13.6. The molecule has 3 rings (SSSR count). The van der Waals surface area contributed by atoms with E-state index in [2.05, 4.69) is 11.6 Å². The molecule has 0 spiro atoms. The second-order valence-corrected chi connectivity index (χ2v) is 10.5. The minimum Gasteiger partial charge on any atom is -0.340 e. The van der Waals surface area contributed by atoms with Crippen molar-refractivity contribution in [1.82, 2.24) is 5.32 Å². The van der Waals surface area contributed by atoms with Crippen LogP contribution < -0.4 is 5.32 Å². The van der Waals surface area contributed by atoms with Gasteiger partial charge in [0.2, 0.25) is 0 Å². The Kier molecular flexibility index (Phi) is 9.47. The molecule has 0 aromatic heterocycles. The lowest BCUT2D eigenvalue weighted by atomic mass is 9.98. The molecule has 33 heavy (non-hydrogen) atoms. The fourth-order valence-electron chi connectivity index (χ4n) is 3.31. The van der Waals surface area contributed by atoms with Crippen molar-refractivity contribution in [3.05, 3.63) is 74.8 Å². The van der Waals surface area contributed by atoms with Crippen LogP contribution in [-0.2, 0) is 10.9 Å². The first-order valence-electron chi connectivity index (χ1n) is 10.2. The lowest BCUT2D eigenvalue weighted by Gasteiger charge is -2.25. The van der Waals surface area contributed by atoms with E-state index in [1.165, 1.54) is 24.3 Å². The van der Waals surface area contributed by atoms with Gasteiger partial charge in [0.1, 0.15) is 17.5 Å². The Morgan fingerprint density at radius 1 is 1.03 bits per heavy atom. The number of ketones is 1. The summed E-state index contributed by atoms with van der Waals surface area (Å²) in [5.74, 6) is 0.797. The van der Waals surface area contributed by atoms with Crippen LogP contribution in [0.3, 0.4) is 0 Å². The van der Waals surface area contributed by atoms with Crippen molar-refractivity contribution in [3.8, 4) is 0 Å². The van der Waals surface area contributed by atoms with Gasteiger partial charge < -0.3 is 5.32 Å². The molecule has 1 N–H and O–H groups in total. The smallest absolute Gasteiger partial charge is 0.340 e. The predicted octanol–water partition coefficient (Wildman–Crippen LogP) is 6.52. The lowest BCUT2D eigenvalue weighted by molar-refractivity contribution is -0.0689. The van der Waals surface area contributed by atoms with Gasteiger partial charge in [0.05, 0.1) is 11.8 Å². The molecular formula is C24H25Cl2F3NO2S+. The monoisotopic (exact) mass is 518 g/mol. The number of nitrogens with one attached hydrogen (secondary N) is 1. The van der Waals surface area contributed by atoms with Crippen LogP contribution in [0.2, 0.25) is 10.0 Å². The van der Waals surface area contributed by atoms with Gasteiger partial charge in [-0.1, -0.05) is 43.1 Å². The van der Waals surface area contributed by atoms with E-state index in [1.54, 1.807) is 6.92 Å². The first-order valence-corrected chi connectivity index (χ1v) is 13.0. The number of amides is 1. The van der Waals surface area contributed by atoms with Crippen LogP contribution >= 0.6 is 23.2 Å². The molecule has 0 unspecified atom stereocenters. The summed E-state index contributed by atoms with van der Waals surface area (Å²) in [7, 11) is 0.333. The van der Waals surface area contributed by atoms with Crippen molar-refractivity contribution < 1.29 is 22.8 Å². The standard InChI is InChI=1S/C22H18Cl2F3NO2S.C2H6/c1-12-5-13(3-4-18(12)21(30)28-17-10-31(2)11-17)20(29)9-19(22(25,26)27)14-6-15(23)8-16(24)7-14;1-2/h3-9,17H,10-11H2,1-2H3;1-2H3/p+1/b19-9+;. The summed E-state index contributed by atoms with van der Waals surface area (Å²) in [6.07, 6.45) is -2.14. The van der Waals surface area contributed by atoms with Crippen LogP contribution in [0.25, 0.3) is 5.57 Å². The van der Waals surface area contributed by atoms with Gasteiger partial charge in [-0.05, 0) is 65.4 Å². The highest BCUT2D eigenvalue weighted by molar-refractivity contribution is 7.97. The maximum Gasteiger partial charge on any atom is 0.417 e. The van der Waals surface area contributed by atoms with Crippen LogP contribution in [0.1, 0.15) is 45.7 Å². The zero-order valence-electron chi connectivity index (χ0n) is 18.6. The Bertz CT molecular complexity index is 1040. The Balaban J connectivity index is 0.00000187.